The van der Waals surface area contributed by atoms with E-state index in [1.807, 2.05) is 12.1 Å². The molecule has 10 heteroatoms. The molecule has 0 aromatic carbocycles. The van der Waals surface area contributed by atoms with Crippen LogP contribution in [0.5, 0.6) is 5.88 Å². The van der Waals surface area contributed by atoms with Crippen molar-refractivity contribution in [2.75, 3.05) is 25.2 Å². The molecule has 0 spiro atoms. The summed E-state index contributed by atoms with van der Waals surface area (Å²) in [6.45, 7) is 1.10. The zero-order valence-electron chi connectivity index (χ0n) is 15.8. The molecular weight excluding hydrogens is 362 g/mol. The molecule has 2 aliphatic heterocycles. The minimum absolute atomic E-state index is 0.0303. The smallest absolute Gasteiger partial charge is 0.245 e. The zero-order chi connectivity index (χ0) is 19.7. The van der Waals surface area contributed by atoms with Crippen LogP contribution in [-0.4, -0.2) is 68.2 Å². The van der Waals surface area contributed by atoms with Crippen molar-refractivity contribution in [1.29, 1.82) is 0 Å². The maximum Gasteiger partial charge on any atom is 0.245 e. The number of methoxy groups -OCH3 is 1. The van der Waals surface area contributed by atoms with Gasteiger partial charge in [-0.15, -0.1) is 5.10 Å². The number of carbonyl (C=O) groups excluding carboxylic acids is 1. The molecule has 2 N–H and O–H groups in total. The normalized spacial score (nSPS) is 20.4. The van der Waals surface area contributed by atoms with E-state index in [1.54, 1.807) is 47.2 Å². The molecule has 10 nitrogen and oxygen atoms in total. The number of aliphatic hydroxyl groups is 1. The van der Waals surface area contributed by atoms with E-state index in [0.29, 0.717) is 37.5 Å². The van der Waals surface area contributed by atoms with Gasteiger partial charge in [-0.05, 0) is 25.0 Å². The lowest BCUT2D eigenvalue weighted by molar-refractivity contribution is -0.134. The van der Waals surface area contributed by atoms with Crippen LogP contribution in [0.2, 0.25) is 0 Å². The molecule has 0 saturated carbocycles. The molecule has 1 saturated heterocycles. The minimum atomic E-state index is -0.533. The minimum Gasteiger partial charge on any atom is -0.481 e. The lowest BCUT2D eigenvalue weighted by atomic mass is 10.1. The predicted octanol–water partition coefficient (Wildman–Crippen LogP) is -0.0637. The topological polar surface area (TPSA) is 109 Å². The van der Waals surface area contributed by atoms with Gasteiger partial charge in [-0.3, -0.25) is 14.5 Å². The molecule has 2 aliphatic rings. The third-order valence-electron chi connectivity index (χ3n) is 4.93. The largest absolute Gasteiger partial charge is 0.481 e. The Balaban J connectivity index is 1.61. The fourth-order valence-electron chi connectivity index (χ4n) is 3.39. The van der Waals surface area contributed by atoms with Gasteiger partial charge >= 0.3 is 0 Å². The van der Waals surface area contributed by atoms with Crippen molar-refractivity contribution >= 4 is 17.3 Å². The lowest BCUT2D eigenvalue weighted by Crippen LogP contribution is -2.50. The van der Waals surface area contributed by atoms with Crippen molar-refractivity contribution in [2.45, 2.75) is 25.0 Å². The van der Waals surface area contributed by atoms with E-state index in [-0.39, 0.29) is 12.0 Å². The third kappa shape index (κ3) is 3.56. The molecule has 1 unspecified atom stereocenters. The van der Waals surface area contributed by atoms with E-state index in [9.17, 15) is 9.90 Å². The van der Waals surface area contributed by atoms with Crippen LogP contribution in [0.3, 0.4) is 0 Å². The van der Waals surface area contributed by atoms with Gasteiger partial charge in [-0.25, -0.2) is 10.4 Å². The van der Waals surface area contributed by atoms with Gasteiger partial charge in [0.15, 0.2) is 0 Å². The van der Waals surface area contributed by atoms with Crippen LogP contribution in [0, 0.1) is 0 Å². The average molecular weight is 385 g/mol. The molecule has 148 valence electrons. The monoisotopic (exact) mass is 385 g/mol. The van der Waals surface area contributed by atoms with Gasteiger partial charge < -0.3 is 14.7 Å². The molecule has 2 aromatic rings. The number of nitrogens with one attached hydrogen (secondary N) is 1. The van der Waals surface area contributed by atoms with Crippen molar-refractivity contribution in [3.63, 3.8) is 0 Å². The van der Waals surface area contributed by atoms with E-state index in [2.05, 4.69) is 20.7 Å². The Hall–Kier alpha value is -2.98. The molecule has 1 atom stereocenters. The fraction of sp³-hybridized carbons (Fsp3) is 0.444. The maximum absolute atomic E-state index is 13.0. The summed E-state index contributed by atoms with van der Waals surface area (Å²) in [4.78, 5) is 19.0. The number of carbonyl (C=O) groups is 1. The number of aliphatic hydroxyl groups excluding tert-OH is 1. The number of pyridine rings is 1. The summed E-state index contributed by atoms with van der Waals surface area (Å²) in [7, 11) is 3.35. The Morgan fingerprint density at radius 3 is 2.71 bits per heavy atom. The van der Waals surface area contributed by atoms with Crippen LogP contribution in [0.25, 0.3) is 5.70 Å². The lowest BCUT2D eigenvalue weighted by Gasteiger charge is -2.31. The number of likely N-dealkylation sites (tertiary alicyclic amines) is 1. The Morgan fingerprint density at radius 2 is 2.11 bits per heavy atom. The number of anilines is 1. The van der Waals surface area contributed by atoms with Gasteiger partial charge in [-0.1, -0.05) is 5.21 Å². The number of aryl methyl sites for hydroxylation is 1. The Labute approximate surface area is 162 Å². The van der Waals surface area contributed by atoms with Gasteiger partial charge in [0.05, 0.1) is 37.0 Å². The number of nitrogens with zero attached hydrogens (tertiary/aromatic N) is 6. The maximum atomic E-state index is 13.0. The molecule has 4 rings (SSSR count). The van der Waals surface area contributed by atoms with Gasteiger partial charge in [0.1, 0.15) is 11.7 Å². The summed E-state index contributed by atoms with van der Waals surface area (Å²) in [5.74, 6) is 0.477. The van der Waals surface area contributed by atoms with E-state index < -0.39 is 6.04 Å². The van der Waals surface area contributed by atoms with Crippen LogP contribution in [0.1, 0.15) is 18.5 Å². The number of hydrogen-bond donors (Lipinski definition) is 2. The van der Waals surface area contributed by atoms with Gasteiger partial charge in [0.2, 0.25) is 11.8 Å². The average Bonchev–Trinajstić information content (AvgIpc) is 3.34. The molecule has 1 amide bonds. The molecular formula is C18H23N7O3. The number of piperidine rings is 1. The molecule has 4 heterocycles. The number of hydrazine groups is 1. The number of aromatic nitrogens is 4. The third-order valence-corrected chi connectivity index (χ3v) is 4.93. The van der Waals surface area contributed by atoms with Crippen LogP contribution in [-0.2, 0) is 11.8 Å². The molecule has 0 bridgehead atoms. The Bertz CT molecular complexity index is 872. The quantitative estimate of drug-likeness (QED) is 0.753. The second kappa shape index (κ2) is 7.56. The van der Waals surface area contributed by atoms with Crippen molar-refractivity contribution in [2.24, 2.45) is 7.05 Å². The summed E-state index contributed by atoms with van der Waals surface area (Å²) in [6, 6.07) is 3.08. The number of rotatable bonds is 4. The molecule has 28 heavy (non-hydrogen) atoms. The molecule has 1 fully saturated rings. The van der Waals surface area contributed by atoms with E-state index in [0.717, 1.165) is 11.4 Å². The highest BCUT2D eigenvalue weighted by Crippen LogP contribution is 2.29. The van der Waals surface area contributed by atoms with E-state index >= 15 is 0 Å². The summed E-state index contributed by atoms with van der Waals surface area (Å²) < 4.78 is 6.74. The summed E-state index contributed by atoms with van der Waals surface area (Å²) in [6.07, 6.45) is 6.19. The molecule has 0 aliphatic carbocycles. The second-order valence-corrected chi connectivity index (χ2v) is 6.89. The highest BCUT2D eigenvalue weighted by Gasteiger charge is 2.34. The summed E-state index contributed by atoms with van der Waals surface area (Å²) in [5.41, 5.74) is 5.37. The van der Waals surface area contributed by atoms with E-state index in [4.69, 9.17) is 4.74 Å². The predicted molar refractivity (Wildman–Crippen MR) is 101 cm³/mol. The van der Waals surface area contributed by atoms with Gasteiger partial charge in [0, 0.05) is 26.2 Å². The highest BCUT2D eigenvalue weighted by atomic mass is 16.5. The van der Waals surface area contributed by atoms with Crippen molar-refractivity contribution < 1.29 is 14.6 Å². The first-order chi connectivity index (χ1) is 13.5. The standard InChI is InChI=1S/C18H23N7O3/c1-23-11-15(20-22-23)16-9-14(18(27)24-7-5-13(26)6-8-24)21-25(16)12-3-4-17(28-2)19-10-12/h3-4,9-11,13-14,21,26H,5-8H2,1-2H3. The van der Waals surface area contributed by atoms with Gasteiger partial charge in [-0.2, -0.15) is 0 Å². The summed E-state index contributed by atoms with van der Waals surface area (Å²) in [5, 5.41) is 19.7. The fourth-order valence-corrected chi connectivity index (χ4v) is 3.39. The summed E-state index contributed by atoms with van der Waals surface area (Å²) >= 11 is 0. The Kier molecular flexibility index (Phi) is 4.97. The highest BCUT2D eigenvalue weighted by molar-refractivity contribution is 5.91. The number of hydrogen-bond acceptors (Lipinski definition) is 8. The Morgan fingerprint density at radius 1 is 1.32 bits per heavy atom. The van der Waals surface area contributed by atoms with Crippen LogP contribution < -0.4 is 15.2 Å². The van der Waals surface area contributed by atoms with Crippen LogP contribution in [0.15, 0.2) is 30.6 Å². The number of ether oxygens (including phenoxy) is 1. The van der Waals surface area contributed by atoms with Crippen molar-refractivity contribution in [1.82, 2.24) is 30.3 Å². The van der Waals surface area contributed by atoms with Crippen LogP contribution >= 0.6 is 0 Å². The second-order valence-electron chi connectivity index (χ2n) is 6.89. The van der Waals surface area contributed by atoms with Gasteiger partial charge in [0.25, 0.3) is 0 Å². The first-order valence-electron chi connectivity index (χ1n) is 9.17. The van der Waals surface area contributed by atoms with Crippen LogP contribution in [0.4, 0.5) is 5.69 Å². The zero-order valence-corrected chi connectivity index (χ0v) is 15.8. The number of amides is 1. The SMILES string of the molecule is COc1ccc(N2NC(C(=O)N3CCC(O)CC3)C=C2c2cn(C)nn2)cn1. The first-order valence-corrected chi connectivity index (χ1v) is 9.17. The van der Waals surface area contributed by atoms with Crippen molar-refractivity contribution in [3.8, 4) is 5.88 Å². The molecule has 2 aromatic heterocycles. The first kappa shape index (κ1) is 18.4. The molecule has 0 radical (unpaired) electrons. The van der Waals surface area contributed by atoms with Crippen molar-refractivity contribution in [3.05, 3.63) is 36.3 Å². The van der Waals surface area contributed by atoms with E-state index in [1.165, 1.54) is 0 Å².